The molecule has 0 bridgehead atoms. The Balaban J connectivity index is 1.71. The van der Waals surface area contributed by atoms with Crippen LogP contribution in [0.1, 0.15) is 18.9 Å². The summed E-state index contributed by atoms with van der Waals surface area (Å²) in [6.07, 6.45) is 1.64. The molecule has 0 unspecified atom stereocenters. The van der Waals surface area contributed by atoms with E-state index in [9.17, 15) is 23.2 Å². The number of esters is 1. The van der Waals surface area contributed by atoms with Crippen molar-refractivity contribution in [3.05, 3.63) is 71.8 Å². The van der Waals surface area contributed by atoms with Crippen LogP contribution in [0.3, 0.4) is 0 Å². The van der Waals surface area contributed by atoms with Crippen molar-refractivity contribution < 1.29 is 27.9 Å². The van der Waals surface area contributed by atoms with Crippen LogP contribution in [0.4, 0.5) is 14.5 Å². The molecule has 2 rings (SSSR count). The van der Waals surface area contributed by atoms with E-state index in [0.29, 0.717) is 6.07 Å². The highest BCUT2D eigenvalue weighted by atomic mass is 19.1. The Bertz CT molecular complexity index is 901. The number of anilines is 1. The number of nitrogens with one attached hydrogen (secondary N) is 2. The van der Waals surface area contributed by atoms with Gasteiger partial charge in [-0.15, -0.1) is 0 Å². The van der Waals surface area contributed by atoms with Gasteiger partial charge in [-0.05, 0) is 30.7 Å². The third kappa shape index (κ3) is 7.53. The van der Waals surface area contributed by atoms with Crippen LogP contribution in [0.5, 0.6) is 0 Å². The molecule has 0 aromatic heterocycles. The minimum absolute atomic E-state index is 0.0255. The summed E-state index contributed by atoms with van der Waals surface area (Å²) >= 11 is 0. The molecule has 152 valence electrons. The van der Waals surface area contributed by atoms with Gasteiger partial charge in [0.15, 0.2) is 6.10 Å². The first-order valence-corrected chi connectivity index (χ1v) is 8.81. The second kappa shape index (κ2) is 10.7. The summed E-state index contributed by atoms with van der Waals surface area (Å²) in [6, 6.07) is 11.9. The number of ether oxygens (including phenoxy) is 1. The first-order valence-electron chi connectivity index (χ1n) is 8.81. The minimum Gasteiger partial charge on any atom is -0.452 e. The van der Waals surface area contributed by atoms with Crippen molar-refractivity contribution in [2.24, 2.45) is 0 Å². The van der Waals surface area contributed by atoms with Crippen LogP contribution >= 0.6 is 0 Å². The largest absolute Gasteiger partial charge is 0.452 e. The maximum absolute atomic E-state index is 13.5. The molecule has 1 atom stereocenters. The van der Waals surface area contributed by atoms with Gasteiger partial charge in [-0.3, -0.25) is 14.4 Å². The summed E-state index contributed by atoms with van der Waals surface area (Å²) in [5.41, 5.74) is 0.635. The van der Waals surface area contributed by atoms with Gasteiger partial charge in [0.25, 0.3) is 5.91 Å². The summed E-state index contributed by atoms with van der Waals surface area (Å²) in [5, 5.41) is 4.74. The van der Waals surface area contributed by atoms with Crippen LogP contribution < -0.4 is 10.6 Å². The van der Waals surface area contributed by atoms with E-state index in [-0.39, 0.29) is 24.6 Å². The number of amides is 2. The van der Waals surface area contributed by atoms with E-state index in [4.69, 9.17) is 4.74 Å². The molecule has 0 aliphatic rings. The third-order valence-corrected chi connectivity index (χ3v) is 3.72. The molecular formula is C21H20F2N2O4. The number of hydrogen-bond donors (Lipinski definition) is 2. The maximum atomic E-state index is 13.5. The number of rotatable bonds is 8. The number of hydrogen-bond acceptors (Lipinski definition) is 4. The molecule has 0 aliphatic carbocycles. The molecule has 2 aromatic rings. The van der Waals surface area contributed by atoms with Gasteiger partial charge in [0.2, 0.25) is 5.91 Å². The molecule has 0 heterocycles. The van der Waals surface area contributed by atoms with Gasteiger partial charge in [-0.1, -0.05) is 30.3 Å². The molecule has 0 saturated carbocycles. The first kappa shape index (κ1) is 21.7. The highest BCUT2D eigenvalue weighted by molar-refractivity contribution is 5.95. The van der Waals surface area contributed by atoms with E-state index in [1.807, 2.05) is 30.3 Å². The number of halogens is 2. The van der Waals surface area contributed by atoms with Crippen molar-refractivity contribution in [3.8, 4) is 0 Å². The lowest BCUT2D eigenvalue weighted by Gasteiger charge is -2.14. The van der Waals surface area contributed by atoms with Gasteiger partial charge in [-0.25, -0.2) is 8.78 Å². The number of benzene rings is 2. The molecular weight excluding hydrogens is 382 g/mol. The van der Waals surface area contributed by atoms with Crippen LogP contribution in [-0.4, -0.2) is 30.4 Å². The fraction of sp³-hybridized carbons (Fsp3) is 0.190. The van der Waals surface area contributed by atoms with Crippen LogP contribution in [0.25, 0.3) is 6.08 Å². The molecule has 2 N–H and O–H groups in total. The van der Waals surface area contributed by atoms with E-state index in [0.717, 1.165) is 17.7 Å². The average molecular weight is 402 g/mol. The van der Waals surface area contributed by atoms with Crippen LogP contribution in [0.2, 0.25) is 0 Å². The molecule has 29 heavy (non-hydrogen) atoms. The molecule has 8 heteroatoms. The normalized spacial score (nSPS) is 11.7. The summed E-state index contributed by atoms with van der Waals surface area (Å²) in [6.45, 7) is 1.34. The summed E-state index contributed by atoms with van der Waals surface area (Å²) in [4.78, 5) is 35.5. The van der Waals surface area contributed by atoms with Crippen molar-refractivity contribution in [2.45, 2.75) is 19.4 Å². The second-order valence-electron chi connectivity index (χ2n) is 6.03. The van der Waals surface area contributed by atoms with Gasteiger partial charge >= 0.3 is 5.97 Å². The summed E-state index contributed by atoms with van der Waals surface area (Å²) in [5.74, 6) is -3.57. The lowest BCUT2D eigenvalue weighted by atomic mass is 10.2. The Labute approximate surface area is 166 Å². The molecule has 2 amide bonds. The number of carbonyl (C=O) groups is 3. The zero-order chi connectivity index (χ0) is 21.2. The van der Waals surface area contributed by atoms with E-state index in [1.165, 1.54) is 13.0 Å². The van der Waals surface area contributed by atoms with E-state index in [1.54, 1.807) is 6.08 Å². The minimum atomic E-state index is -1.19. The van der Waals surface area contributed by atoms with Crippen molar-refractivity contribution in [1.29, 1.82) is 0 Å². The van der Waals surface area contributed by atoms with Gasteiger partial charge in [0.1, 0.15) is 11.6 Å². The van der Waals surface area contributed by atoms with Gasteiger partial charge in [0.05, 0.1) is 12.1 Å². The Morgan fingerprint density at radius 3 is 2.52 bits per heavy atom. The highest BCUT2D eigenvalue weighted by Crippen LogP contribution is 2.15. The van der Waals surface area contributed by atoms with Gasteiger partial charge in [-0.2, -0.15) is 0 Å². The van der Waals surface area contributed by atoms with Gasteiger partial charge in [0, 0.05) is 18.7 Å². The zero-order valence-electron chi connectivity index (χ0n) is 15.7. The standard InChI is InChI=1S/C21H20F2N2O4/c1-14(21(28)25-18-9-8-16(22)13-17(18)23)29-20(27)11-12-24-19(26)10-7-15-5-3-2-4-6-15/h2-10,13-14H,11-12H2,1H3,(H,24,26)(H,25,28)/b10-7+/t14-/m0/s1. The molecule has 2 aromatic carbocycles. The van der Waals surface area contributed by atoms with Crippen molar-refractivity contribution in [3.63, 3.8) is 0 Å². The lowest BCUT2D eigenvalue weighted by Crippen LogP contribution is -2.32. The fourth-order valence-corrected chi connectivity index (χ4v) is 2.22. The number of carbonyl (C=O) groups excluding carboxylic acids is 3. The average Bonchev–Trinajstić information content (AvgIpc) is 2.69. The van der Waals surface area contributed by atoms with Crippen molar-refractivity contribution in [1.82, 2.24) is 5.32 Å². The van der Waals surface area contributed by atoms with E-state index >= 15 is 0 Å². The summed E-state index contributed by atoms with van der Waals surface area (Å²) < 4.78 is 31.4. The first-order chi connectivity index (χ1) is 13.8. The van der Waals surface area contributed by atoms with E-state index < -0.39 is 29.6 Å². The topological polar surface area (TPSA) is 84.5 Å². The van der Waals surface area contributed by atoms with Crippen LogP contribution in [0, 0.1) is 11.6 Å². The van der Waals surface area contributed by atoms with Crippen LogP contribution in [-0.2, 0) is 19.1 Å². The fourth-order valence-electron chi connectivity index (χ4n) is 2.22. The molecule has 0 saturated heterocycles. The third-order valence-electron chi connectivity index (χ3n) is 3.72. The lowest BCUT2D eigenvalue weighted by molar-refractivity contribution is -0.153. The predicted molar refractivity (Wildman–Crippen MR) is 104 cm³/mol. The zero-order valence-corrected chi connectivity index (χ0v) is 15.7. The van der Waals surface area contributed by atoms with Crippen molar-refractivity contribution in [2.75, 3.05) is 11.9 Å². The SMILES string of the molecule is C[C@H](OC(=O)CCNC(=O)/C=C/c1ccccc1)C(=O)Nc1ccc(F)cc1F. The molecule has 0 spiro atoms. The molecule has 0 aliphatic heterocycles. The molecule has 0 radical (unpaired) electrons. The van der Waals surface area contributed by atoms with Gasteiger partial charge < -0.3 is 15.4 Å². The Morgan fingerprint density at radius 1 is 1.10 bits per heavy atom. The predicted octanol–water partition coefficient (Wildman–Crippen LogP) is 3.05. The quantitative estimate of drug-likeness (QED) is 0.525. The highest BCUT2D eigenvalue weighted by Gasteiger charge is 2.19. The monoisotopic (exact) mass is 402 g/mol. The smallest absolute Gasteiger partial charge is 0.308 e. The second-order valence-corrected chi connectivity index (χ2v) is 6.03. The summed E-state index contributed by atoms with van der Waals surface area (Å²) in [7, 11) is 0. The van der Waals surface area contributed by atoms with Crippen molar-refractivity contribution >= 4 is 29.5 Å². The Kier molecular flexibility index (Phi) is 8.02. The van der Waals surface area contributed by atoms with Crippen LogP contribution in [0.15, 0.2) is 54.6 Å². The van der Waals surface area contributed by atoms with E-state index in [2.05, 4.69) is 10.6 Å². The Hall–Kier alpha value is -3.55. The molecule has 0 fully saturated rings. The maximum Gasteiger partial charge on any atom is 0.308 e. The molecule has 6 nitrogen and oxygen atoms in total. The Morgan fingerprint density at radius 2 is 1.83 bits per heavy atom.